The lowest BCUT2D eigenvalue weighted by molar-refractivity contribution is -0.275. The summed E-state index contributed by atoms with van der Waals surface area (Å²) in [5.41, 5.74) is -0.664. The standard InChI is InChI=1S/C16H17F4N3O4/c1-8(21-14(24)26-15(2,3)4)13-22-12(23-27-13)9-5-6-10(17)11(7-9)25-16(18,19)20/h5-8H,1-4H3,(H,21,24)/t8-/m0/s1. The minimum atomic E-state index is -5.05. The van der Waals surface area contributed by atoms with Gasteiger partial charge in [0.2, 0.25) is 11.7 Å². The molecule has 0 fully saturated rings. The fourth-order valence-corrected chi connectivity index (χ4v) is 1.92. The van der Waals surface area contributed by atoms with Crippen molar-refractivity contribution in [2.75, 3.05) is 0 Å². The lowest BCUT2D eigenvalue weighted by Gasteiger charge is -2.20. The number of carbonyl (C=O) groups is 1. The number of hydrogen-bond acceptors (Lipinski definition) is 6. The Labute approximate surface area is 151 Å². The molecule has 0 bridgehead atoms. The maximum Gasteiger partial charge on any atom is 0.573 e. The van der Waals surface area contributed by atoms with Gasteiger partial charge in [0, 0.05) is 5.56 Å². The number of hydrogen-bond donors (Lipinski definition) is 1. The number of halogens is 4. The van der Waals surface area contributed by atoms with Gasteiger partial charge in [0.25, 0.3) is 0 Å². The van der Waals surface area contributed by atoms with Crippen LogP contribution in [0, 0.1) is 5.82 Å². The van der Waals surface area contributed by atoms with Crippen LogP contribution in [-0.2, 0) is 4.74 Å². The highest BCUT2D eigenvalue weighted by Gasteiger charge is 2.32. The van der Waals surface area contributed by atoms with Crippen molar-refractivity contribution in [1.29, 1.82) is 0 Å². The van der Waals surface area contributed by atoms with Gasteiger partial charge in [0.1, 0.15) is 11.6 Å². The van der Waals surface area contributed by atoms with Gasteiger partial charge >= 0.3 is 12.5 Å². The summed E-state index contributed by atoms with van der Waals surface area (Å²) in [7, 11) is 0. The Morgan fingerprint density at radius 1 is 1.26 bits per heavy atom. The van der Waals surface area contributed by atoms with Crippen molar-refractivity contribution in [1.82, 2.24) is 15.5 Å². The number of nitrogens with zero attached hydrogens (tertiary/aromatic N) is 2. The predicted molar refractivity (Wildman–Crippen MR) is 84.2 cm³/mol. The van der Waals surface area contributed by atoms with E-state index in [9.17, 15) is 22.4 Å². The number of alkyl carbamates (subject to hydrolysis) is 1. The van der Waals surface area contributed by atoms with Crippen LogP contribution in [0.5, 0.6) is 5.75 Å². The lowest BCUT2D eigenvalue weighted by atomic mass is 10.2. The molecule has 0 radical (unpaired) electrons. The number of benzene rings is 1. The van der Waals surface area contributed by atoms with E-state index in [1.54, 1.807) is 27.7 Å². The summed E-state index contributed by atoms with van der Waals surface area (Å²) in [6.07, 6.45) is -5.76. The zero-order valence-corrected chi connectivity index (χ0v) is 14.8. The minimum absolute atomic E-state index is 0.0153. The van der Waals surface area contributed by atoms with E-state index in [0.29, 0.717) is 0 Å². The van der Waals surface area contributed by atoms with Crippen molar-refractivity contribution in [3.63, 3.8) is 0 Å². The molecule has 0 unspecified atom stereocenters. The highest BCUT2D eigenvalue weighted by molar-refractivity contribution is 5.68. The molecule has 2 aromatic rings. The van der Waals surface area contributed by atoms with Crippen LogP contribution in [0.1, 0.15) is 39.6 Å². The van der Waals surface area contributed by atoms with Crippen molar-refractivity contribution in [3.8, 4) is 17.1 Å². The van der Waals surface area contributed by atoms with Crippen LogP contribution < -0.4 is 10.1 Å². The Morgan fingerprint density at radius 2 is 1.93 bits per heavy atom. The Morgan fingerprint density at radius 3 is 2.52 bits per heavy atom. The smallest absolute Gasteiger partial charge is 0.444 e. The van der Waals surface area contributed by atoms with Crippen LogP contribution in [0.2, 0.25) is 0 Å². The zero-order valence-electron chi connectivity index (χ0n) is 14.8. The summed E-state index contributed by atoms with van der Waals surface area (Å²) < 4.78 is 64.1. The second kappa shape index (κ2) is 7.41. The highest BCUT2D eigenvalue weighted by atomic mass is 19.4. The van der Waals surface area contributed by atoms with Crippen molar-refractivity contribution in [3.05, 3.63) is 29.9 Å². The normalized spacial score (nSPS) is 13.2. The Hall–Kier alpha value is -2.85. The van der Waals surface area contributed by atoms with Gasteiger partial charge in [-0.05, 0) is 45.9 Å². The van der Waals surface area contributed by atoms with Crippen LogP contribution in [0.25, 0.3) is 11.4 Å². The van der Waals surface area contributed by atoms with Crippen molar-refractivity contribution in [2.24, 2.45) is 0 Å². The molecule has 1 amide bonds. The van der Waals surface area contributed by atoms with Gasteiger partial charge in [-0.25, -0.2) is 9.18 Å². The maximum absolute atomic E-state index is 13.5. The van der Waals surface area contributed by atoms with Crippen LogP contribution in [0.4, 0.5) is 22.4 Å². The Kier molecular flexibility index (Phi) is 5.62. The van der Waals surface area contributed by atoms with E-state index in [1.165, 1.54) is 6.07 Å². The first-order chi connectivity index (χ1) is 12.3. The summed E-state index contributed by atoms with van der Waals surface area (Å²) in [5.74, 6) is -2.33. The Balaban J connectivity index is 2.15. The summed E-state index contributed by atoms with van der Waals surface area (Å²) in [6.45, 7) is 6.62. The Bertz CT molecular complexity index is 815. The number of aromatic nitrogens is 2. The number of rotatable bonds is 4. The second-order valence-electron chi connectivity index (χ2n) is 6.52. The fourth-order valence-electron chi connectivity index (χ4n) is 1.92. The molecule has 7 nitrogen and oxygen atoms in total. The summed E-state index contributed by atoms with van der Waals surface area (Å²) in [4.78, 5) is 15.7. The minimum Gasteiger partial charge on any atom is -0.444 e. The number of nitrogens with one attached hydrogen (secondary N) is 1. The molecule has 1 atom stereocenters. The number of amides is 1. The zero-order chi connectivity index (χ0) is 20.4. The van der Waals surface area contributed by atoms with Gasteiger partial charge in [0.05, 0.1) is 0 Å². The molecular weight excluding hydrogens is 374 g/mol. The van der Waals surface area contributed by atoms with Crippen LogP contribution >= 0.6 is 0 Å². The fraction of sp³-hybridized carbons (Fsp3) is 0.438. The molecule has 0 aliphatic rings. The molecule has 0 spiro atoms. The van der Waals surface area contributed by atoms with Crippen LogP contribution in [-0.4, -0.2) is 28.2 Å². The van der Waals surface area contributed by atoms with E-state index in [2.05, 4.69) is 20.2 Å². The first-order valence-electron chi connectivity index (χ1n) is 7.73. The SMILES string of the molecule is C[C@H](NC(=O)OC(C)(C)C)c1nc(-c2ccc(F)c(OC(F)(F)F)c2)no1. The molecule has 2 rings (SSSR count). The van der Waals surface area contributed by atoms with Gasteiger partial charge in [-0.3, -0.25) is 0 Å². The van der Waals surface area contributed by atoms with E-state index in [4.69, 9.17) is 9.26 Å². The van der Waals surface area contributed by atoms with E-state index >= 15 is 0 Å². The molecule has 148 valence electrons. The highest BCUT2D eigenvalue weighted by Crippen LogP contribution is 2.30. The van der Waals surface area contributed by atoms with Crippen LogP contribution in [0.15, 0.2) is 22.7 Å². The molecule has 27 heavy (non-hydrogen) atoms. The molecule has 11 heteroatoms. The molecule has 1 aromatic heterocycles. The van der Waals surface area contributed by atoms with Crippen molar-refractivity contribution in [2.45, 2.75) is 45.7 Å². The quantitative estimate of drug-likeness (QED) is 0.780. The van der Waals surface area contributed by atoms with Gasteiger partial charge in [-0.15, -0.1) is 13.2 Å². The molecule has 1 N–H and O–H groups in total. The number of alkyl halides is 3. The third-order valence-electron chi connectivity index (χ3n) is 2.96. The average Bonchev–Trinajstić information content (AvgIpc) is 2.96. The predicted octanol–water partition coefficient (Wildman–Crippen LogP) is 4.36. The van der Waals surface area contributed by atoms with Gasteiger partial charge in [-0.2, -0.15) is 4.98 Å². The lowest BCUT2D eigenvalue weighted by Crippen LogP contribution is -2.34. The van der Waals surface area contributed by atoms with Crippen molar-refractivity contribution >= 4 is 6.09 Å². The molecule has 0 saturated carbocycles. The van der Waals surface area contributed by atoms with Crippen molar-refractivity contribution < 1.29 is 36.4 Å². The molecule has 0 saturated heterocycles. The monoisotopic (exact) mass is 391 g/mol. The third-order valence-corrected chi connectivity index (χ3v) is 2.96. The largest absolute Gasteiger partial charge is 0.573 e. The summed E-state index contributed by atoms with van der Waals surface area (Å²) in [5, 5.41) is 6.10. The average molecular weight is 391 g/mol. The first-order valence-corrected chi connectivity index (χ1v) is 7.73. The first kappa shape index (κ1) is 20.5. The van der Waals surface area contributed by atoms with E-state index in [-0.39, 0.29) is 17.3 Å². The summed E-state index contributed by atoms with van der Waals surface area (Å²) in [6, 6.07) is 2.02. The molecular formula is C16H17F4N3O4. The molecule has 1 heterocycles. The molecule has 0 aliphatic carbocycles. The van der Waals surface area contributed by atoms with E-state index < -0.39 is 35.7 Å². The topological polar surface area (TPSA) is 86.5 Å². The van der Waals surface area contributed by atoms with Gasteiger partial charge in [-0.1, -0.05) is 5.16 Å². The van der Waals surface area contributed by atoms with Gasteiger partial charge in [0.15, 0.2) is 11.6 Å². The summed E-state index contributed by atoms with van der Waals surface area (Å²) >= 11 is 0. The number of carbonyl (C=O) groups excluding carboxylic acids is 1. The molecule has 0 aliphatic heterocycles. The third kappa shape index (κ3) is 6.12. The number of ether oxygens (including phenoxy) is 2. The molecule has 1 aromatic carbocycles. The van der Waals surface area contributed by atoms with E-state index in [1.807, 2.05) is 0 Å². The van der Waals surface area contributed by atoms with Crippen LogP contribution in [0.3, 0.4) is 0 Å². The maximum atomic E-state index is 13.5. The van der Waals surface area contributed by atoms with Gasteiger partial charge < -0.3 is 19.3 Å². The van der Waals surface area contributed by atoms with E-state index in [0.717, 1.165) is 12.1 Å². The second-order valence-corrected chi connectivity index (χ2v) is 6.52.